The Labute approximate surface area is 124 Å². The molecule has 1 saturated heterocycles. The molecule has 0 amide bonds. The van der Waals surface area contributed by atoms with Gasteiger partial charge in [0.25, 0.3) is 0 Å². The van der Waals surface area contributed by atoms with Gasteiger partial charge in [-0.1, -0.05) is 35.0 Å². The van der Waals surface area contributed by atoms with E-state index in [1.807, 2.05) is 24.3 Å². The van der Waals surface area contributed by atoms with Gasteiger partial charge in [0.2, 0.25) is 0 Å². The lowest BCUT2D eigenvalue weighted by molar-refractivity contribution is 0.0973. The molecule has 1 heterocycles. The minimum atomic E-state index is 0.264. The Bertz CT molecular complexity index is 415. The number of benzene rings is 1. The number of hydrogen-bond acceptors (Lipinski definition) is 2. The second-order valence-corrected chi connectivity index (χ2v) is 6.19. The molecule has 1 atom stereocenters. The van der Waals surface area contributed by atoms with Crippen LogP contribution in [0.2, 0.25) is 0 Å². The molecule has 1 aromatic carbocycles. The lowest BCUT2D eigenvalue weighted by atomic mass is 10.1. The van der Waals surface area contributed by atoms with Gasteiger partial charge in [0, 0.05) is 22.5 Å². The smallest absolute Gasteiger partial charge is 0.162 e. The SMILES string of the molecule is CCC1CCCN1CCCC(=O)c1ccc(Br)cc1. The summed E-state index contributed by atoms with van der Waals surface area (Å²) in [6, 6.07) is 8.42. The molecular weight excluding hydrogens is 302 g/mol. The van der Waals surface area contributed by atoms with Gasteiger partial charge in [0.1, 0.15) is 0 Å². The zero-order valence-corrected chi connectivity index (χ0v) is 13.2. The summed E-state index contributed by atoms with van der Waals surface area (Å²) in [6.45, 7) is 4.54. The number of carbonyl (C=O) groups is 1. The summed E-state index contributed by atoms with van der Waals surface area (Å²) in [7, 11) is 0. The summed E-state index contributed by atoms with van der Waals surface area (Å²) < 4.78 is 1.02. The molecule has 1 aliphatic heterocycles. The fourth-order valence-electron chi connectivity index (χ4n) is 2.87. The predicted octanol–water partition coefficient (Wildman–Crippen LogP) is 4.29. The Balaban J connectivity index is 1.76. The topological polar surface area (TPSA) is 20.3 Å². The average Bonchev–Trinajstić information content (AvgIpc) is 2.87. The van der Waals surface area contributed by atoms with E-state index >= 15 is 0 Å². The van der Waals surface area contributed by atoms with Gasteiger partial charge in [-0.25, -0.2) is 0 Å². The Morgan fingerprint density at radius 3 is 2.79 bits per heavy atom. The van der Waals surface area contributed by atoms with Crippen LogP contribution in [-0.4, -0.2) is 29.8 Å². The number of halogens is 1. The number of Topliss-reactive ketones (excluding diaryl/α,β-unsaturated/α-hetero) is 1. The summed E-state index contributed by atoms with van der Waals surface area (Å²) in [5, 5.41) is 0. The molecule has 1 fully saturated rings. The molecule has 19 heavy (non-hydrogen) atoms. The summed E-state index contributed by atoms with van der Waals surface area (Å²) >= 11 is 3.39. The van der Waals surface area contributed by atoms with Crippen LogP contribution < -0.4 is 0 Å². The van der Waals surface area contributed by atoms with Crippen LogP contribution in [0.1, 0.15) is 49.4 Å². The molecule has 2 nitrogen and oxygen atoms in total. The van der Waals surface area contributed by atoms with Crippen molar-refractivity contribution >= 4 is 21.7 Å². The third kappa shape index (κ3) is 4.15. The molecule has 1 aliphatic rings. The number of carbonyl (C=O) groups excluding carboxylic acids is 1. The number of likely N-dealkylation sites (tertiary alicyclic amines) is 1. The zero-order valence-electron chi connectivity index (χ0n) is 11.6. The van der Waals surface area contributed by atoms with Crippen LogP contribution in [0.15, 0.2) is 28.7 Å². The van der Waals surface area contributed by atoms with Gasteiger partial charge in [0.15, 0.2) is 5.78 Å². The zero-order chi connectivity index (χ0) is 13.7. The molecule has 0 aromatic heterocycles. The van der Waals surface area contributed by atoms with E-state index in [0.29, 0.717) is 6.42 Å². The van der Waals surface area contributed by atoms with Crippen molar-refractivity contribution in [2.24, 2.45) is 0 Å². The second-order valence-electron chi connectivity index (χ2n) is 5.27. The highest BCUT2D eigenvalue weighted by atomic mass is 79.9. The van der Waals surface area contributed by atoms with Gasteiger partial charge in [-0.2, -0.15) is 0 Å². The maximum absolute atomic E-state index is 12.0. The number of hydrogen-bond donors (Lipinski definition) is 0. The number of nitrogens with zero attached hydrogens (tertiary/aromatic N) is 1. The average molecular weight is 324 g/mol. The monoisotopic (exact) mass is 323 g/mol. The van der Waals surface area contributed by atoms with E-state index in [4.69, 9.17) is 0 Å². The van der Waals surface area contributed by atoms with Crippen molar-refractivity contribution in [2.75, 3.05) is 13.1 Å². The Hall–Kier alpha value is -0.670. The van der Waals surface area contributed by atoms with Crippen LogP contribution in [0.5, 0.6) is 0 Å². The van der Waals surface area contributed by atoms with Gasteiger partial charge in [0.05, 0.1) is 0 Å². The normalized spacial score (nSPS) is 19.8. The highest BCUT2D eigenvalue weighted by Gasteiger charge is 2.22. The van der Waals surface area contributed by atoms with Crippen LogP contribution in [0, 0.1) is 0 Å². The molecule has 0 radical (unpaired) electrons. The van der Waals surface area contributed by atoms with Crippen molar-refractivity contribution in [3.8, 4) is 0 Å². The summed E-state index contributed by atoms with van der Waals surface area (Å²) in [6.07, 6.45) is 5.52. The number of ketones is 1. The first-order valence-corrected chi connectivity index (χ1v) is 8.03. The van der Waals surface area contributed by atoms with Crippen LogP contribution in [0.3, 0.4) is 0 Å². The highest BCUT2D eigenvalue weighted by molar-refractivity contribution is 9.10. The number of rotatable bonds is 6. The lowest BCUT2D eigenvalue weighted by Crippen LogP contribution is -2.30. The van der Waals surface area contributed by atoms with E-state index in [-0.39, 0.29) is 5.78 Å². The molecule has 0 bridgehead atoms. The van der Waals surface area contributed by atoms with Crippen molar-refractivity contribution in [1.29, 1.82) is 0 Å². The maximum Gasteiger partial charge on any atom is 0.162 e. The van der Waals surface area contributed by atoms with Crippen molar-refractivity contribution in [1.82, 2.24) is 4.90 Å². The van der Waals surface area contributed by atoms with Crippen molar-refractivity contribution in [2.45, 2.75) is 45.1 Å². The van der Waals surface area contributed by atoms with E-state index in [0.717, 1.165) is 29.0 Å². The minimum absolute atomic E-state index is 0.264. The Morgan fingerprint density at radius 2 is 2.11 bits per heavy atom. The fourth-order valence-corrected chi connectivity index (χ4v) is 3.14. The summed E-state index contributed by atoms with van der Waals surface area (Å²) in [5.74, 6) is 0.264. The van der Waals surface area contributed by atoms with Gasteiger partial charge in [-0.15, -0.1) is 0 Å². The molecule has 3 heteroatoms. The molecule has 0 aliphatic carbocycles. The molecule has 1 aromatic rings. The summed E-state index contributed by atoms with van der Waals surface area (Å²) in [5.41, 5.74) is 0.830. The predicted molar refractivity (Wildman–Crippen MR) is 82.6 cm³/mol. The Morgan fingerprint density at radius 1 is 1.37 bits per heavy atom. The molecular formula is C16H22BrNO. The third-order valence-electron chi connectivity index (χ3n) is 3.99. The van der Waals surface area contributed by atoms with Crippen molar-refractivity contribution in [3.63, 3.8) is 0 Å². The Kier molecular flexibility index (Phi) is 5.59. The quantitative estimate of drug-likeness (QED) is 0.728. The van der Waals surface area contributed by atoms with Crippen molar-refractivity contribution < 1.29 is 4.79 Å². The van der Waals surface area contributed by atoms with Gasteiger partial charge in [-0.3, -0.25) is 4.79 Å². The minimum Gasteiger partial charge on any atom is -0.300 e. The van der Waals surface area contributed by atoms with E-state index in [2.05, 4.69) is 27.8 Å². The molecule has 2 rings (SSSR count). The molecule has 0 saturated carbocycles. The second kappa shape index (κ2) is 7.20. The van der Waals surface area contributed by atoms with E-state index in [9.17, 15) is 4.79 Å². The lowest BCUT2D eigenvalue weighted by Gasteiger charge is -2.22. The maximum atomic E-state index is 12.0. The first-order chi connectivity index (χ1) is 9.20. The van der Waals surface area contributed by atoms with Crippen LogP contribution in [0.4, 0.5) is 0 Å². The van der Waals surface area contributed by atoms with E-state index in [1.165, 1.54) is 25.8 Å². The van der Waals surface area contributed by atoms with E-state index < -0.39 is 0 Å². The van der Waals surface area contributed by atoms with Crippen LogP contribution in [-0.2, 0) is 0 Å². The van der Waals surface area contributed by atoms with Crippen LogP contribution >= 0.6 is 15.9 Å². The fraction of sp³-hybridized carbons (Fsp3) is 0.562. The first kappa shape index (κ1) is 14.7. The molecule has 0 N–H and O–H groups in total. The van der Waals surface area contributed by atoms with Gasteiger partial charge in [-0.05, 0) is 50.9 Å². The van der Waals surface area contributed by atoms with Crippen LogP contribution in [0.25, 0.3) is 0 Å². The molecule has 1 unspecified atom stereocenters. The highest BCUT2D eigenvalue weighted by Crippen LogP contribution is 2.20. The molecule has 0 spiro atoms. The third-order valence-corrected chi connectivity index (χ3v) is 4.51. The largest absolute Gasteiger partial charge is 0.300 e. The van der Waals surface area contributed by atoms with Gasteiger partial charge >= 0.3 is 0 Å². The molecule has 104 valence electrons. The van der Waals surface area contributed by atoms with Crippen molar-refractivity contribution in [3.05, 3.63) is 34.3 Å². The van der Waals surface area contributed by atoms with Gasteiger partial charge < -0.3 is 4.90 Å². The first-order valence-electron chi connectivity index (χ1n) is 7.23. The standard InChI is InChI=1S/C16H22BrNO/c1-2-15-5-3-11-18(15)12-4-6-16(19)13-7-9-14(17)10-8-13/h7-10,15H,2-6,11-12H2,1H3. The summed E-state index contributed by atoms with van der Waals surface area (Å²) in [4.78, 5) is 14.6. The van der Waals surface area contributed by atoms with E-state index in [1.54, 1.807) is 0 Å².